The highest BCUT2D eigenvalue weighted by Gasteiger charge is 2.22. The fourth-order valence-electron chi connectivity index (χ4n) is 1.23. The summed E-state index contributed by atoms with van der Waals surface area (Å²) in [4.78, 5) is 0. The number of hydrogen-bond donors (Lipinski definition) is 1. The monoisotopic (exact) mass is 139 g/mol. The Morgan fingerprint density at radius 1 is 1.60 bits per heavy atom. The Hall–Kier alpha value is -0.300. The largest absolute Gasteiger partial charge is 0.324 e. The van der Waals surface area contributed by atoms with Gasteiger partial charge in [0.25, 0.3) is 0 Å². The van der Waals surface area contributed by atoms with Crippen LogP contribution in [0.2, 0.25) is 0 Å². The van der Waals surface area contributed by atoms with Crippen molar-refractivity contribution in [2.24, 2.45) is 11.7 Å². The van der Waals surface area contributed by atoms with Crippen molar-refractivity contribution in [3.05, 3.63) is 11.6 Å². The van der Waals surface area contributed by atoms with Crippen LogP contribution >= 0.6 is 0 Å². The van der Waals surface area contributed by atoms with E-state index in [0.717, 1.165) is 5.92 Å². The van der Waals surface area contributed by atoms with Crippen LogP contribution in [0.3, 0.4) is 0 Å². The second kappa shape index (κ2) is 3.20. The van der Waals surface area contributed by atoms with Gasteiger partial charge in [0, 0.05) is 6.04 Å². The molecule has 0 aromatic rings. The molecule has 1 rings (SSSR count). The molecule has 1 heteroatoms. The first-order valence-corrected chi connectivity index (χ1v) is 4.09. The first-order chi connectivity index (χ1) is 4.68. The lowest BCUT2D eigenvalue weighted by atomic mass is 10.1. The van der Waals surface area contributed by atoms with Crippen molar-refractivity contribution in [2.45, 2.75) is 39.2 Å². The van der Waals surface area contributed by atoms with Crippen LogP contribution in [0.1, 0.15) is 33.1 Å². The number of nitrogens with two attached hydrogens (primary N) is 1. The van der Waals surface area contributed by atoms with Gasteiger partial charge in [-0.3, -0.25) is 0 Å². The molecule has 1 saturated carbocycles. The normalized spacial score (nSPS) is 20.3. The van der Waals surface area contributed by atoms with E-state index in [1.54, 1.807) is 0 Å². The maximum absolute atomic E-state index is 5.84. The highest BCUT2D eigenvalue weighted by Crippen LogP contribution is 2.33. The van der Waals surface area contributed by atoms with E-state index in [1.165, 1.54) is 24.8 Å². The molecule has 1 atom stereocenters. The van der Waals surface area contributed by atoms with Gasteiger partial charge in [0.1, 0.15) is 0 Å². The molecule has 2 N–H and O–H groups in total. The summed E-state index contributed by atoms with van der Waals surface area (Å²) in [5, 5.41) is 0. The summed E-state index contributed by atoms with van der Waals surface area (Å²) < 4.78 is 0. The summed E-state index contributed by atoms with van der Waals surface area (Å²) in [6.07, 6.45) is 6.18. The molecular formula is C9H17N. The van der Waals surface area contributed by atoms with Crippen molar-refractivity contribution >= 4 is 0 Å². The second-order valence-corrected chi connectivity index (χ2v) is 3.59. The Labute approximate surface area is 63.3 Å². The molecular weight excluding hydrogens is 122 g/mol. The lowest BCUT2D eigenvalue weighted by molar-refractivity contribution is 0.650. The third-order valence-electron chi connectivity index (χ3n) is 1.85. The standard InChI is InChI=1S/C9H17N/c1-7(2)5-9(10)6-8-3-4-8/h5,8-9H,3-4,6,10H2,1-2H3. The Morgan fingerprint density at radius 3 is 2.60 bits per heavy atom. The minimum atomic E-state index is 0.317. The van der Waals surface area contributed by atoms with Crippen LogP contribution in [-0.2, 0) is 0 Å². The fourth-order valence-corrected chi connectivity index (χ4v) is 1.23. The average molecular weight is 139 g/mol. The number of rotatable bonds is 3. The molecule has 0 aromatic carbocycles. The zero-order chi connectivity index (χ0) is 7.56. The average Bonchev–Trinajstić information content (AvgIpc) is 2.46. The van der Waals surface area contributed by atoms with E-state index in [9.17, 15) is 0 Å². The molecule has 1 fully saturated rings. The van der Waals surface area contributed by atoms with Crippen LogP contribution in [-0.4, -0.2) is 6.04 Å². The van der Waals surface area contributed by atoms with Crippen molar-refractivity contribution in [3.8, 4) is 0 Å². The SMILES string of the molecule is CC(C)=CC(N)CC1CC1. The van der Waals surface area contributed by atoms with Gasteiger partial charge in [0.15, 0.2) is 0 Å². The van der Waals surface area contributed by atoms with Crippen molar-refractivity contribution in [1.29, 1.82) is 0 Å². The second-order valence-electron chi connectivity index (χ2n) is 3.59. The molecule has 0 amide bonds. The predicted octanol–water partition coefficient (Wildman–Crippen LogP) is 2.08. The first-order valence-electron chi connectivity index (χ1n) is 4.09. The smallest absolute Gasteiger partial charge is 0.0228 e. The van der Waals surface area contributed by atoms with Gasteiger partial charge >= 0.3 is 0 Å². The Kier molecular flexibility index (Phi) is 2.50. The molecule has 0 saturated heterocycles. The quantitative estimate of drug-likeness (QED) is 0.595. The topological polar surface area (TPSA) is 26.0 Å². The minimum absolute atomic E-state index is 0.317. The molecule has 1 unspecified atom stereocenters. The Balaban J connectivity index is 2.19. The van der Waals surface area contributed by atoms with E-state index >= 15 is 0 Å². The predicted molar refractivity (Wildman–Crippen MR) is 44.7 cm³/mol. The molecule has 0 heterocycles. The number of hydrogen-bond acceptors (Lipinski definition) is 1. The molecule has 0 aliphatic heterocycles. The lowest BCUT2D eigenvalue weighted by Crippen LogP contribution is -2.17. The maximum atomic E-state index is 5.84. The zero-order valence-electron chi connectivity index (χ0n) is 6.93. The van der Waals surface area contributed by atoms with Crippen LogP contribution < -0.4 is 5.73 Å². The summed E-state index contributed by atoms with van der Waals surface area (Å²) in [5.41, 5.74) is 7.18. The zero-order valence-corrected chi connectivity index (χ0v) is 6.93. The van der Waals surface area contributed by atoms with Gasteiger partial charge in [-0.15, -0.1) is 0 Å². The van der Waals surface area contributed by atoms with Crippen LogP contribution in [0.4, 0.5) is 0 Å². The molecule has 0 aromatic heterocycles. The molecule has 1 nitrogen and oxygen atoms in total. The van der Waals surface area contributed by atoms with Crippen molar-refractivity contribution in [1.82, 2.24) is 0 Å². The van der Waals surface area contributed by atoms with Crippen LogP contribution in [0.5, 0.6) is 0 Å². The van der Waals surface area contributed by atoms with Gasteiger partial charge < -0.3 is 5.73 Å². The highest BCUT2D eigenvalue weighted by atomic mass is 14.6. The van der Waals surface area contributed by atoms with Gasteiger partial charge in [-0.1, -0.05) is 24.5 Å². The van der Waals surface area contributed by atoms with Crippen molar-refractivity contribution in [3.63, 3.8) is 0 Å². The van der Waals surface area contributed by atoms with Gasteiger partial charge in [-0.05, 0) is 26.2 Å². The summed E-state index contributed by atoms with van der Waals surface area (Å²) in [7, 11) is 0. The van der Waals surface area contributed by atoms with Gasteiger partial charge in [-0.2, -0.15) is 0 Å². The first kappa shape index (κ1) is 7.80. The van der Waals surface area contributed by atoms with Gasteiger partial charge in [0.05, 0.1) is 0 Å². The summed E-state index contributed by atoms with van der Waals surface area (Å²) in [6, 6.07) is 0.317. The minimum Gasteiger partial charge on any atom is -0.324 e. The van der Waals surface area contributed by atoms with E-state index in [1.807, 2.05) is 0 Å². The van der Waals surface area contributed by atoms with Gasteiger partial charge in [0.2, 0.25) is 0 Å². The summed E-state index contributed by atoms with van der Waals surface area (Å²) in [6.45, 7) is 4.21. The molecule has 1 aliphatic carbocycles. The van der Waals surface area contributed by atoms with E-state index in [4.69, 9.17) is 5.73 Å². The summed E-state index contributed by atoms with van der Waals surface area (Å²) >= 11 is 0. The molecule has 1 aliphatic rings. The van der Waals surface area contributed by atoms with E-state index < -0.39 is 0 Å². The highest BCUT2D eigenvalue weighted by molar-refractivity contribution is 5.01. The third kappa shape index (κ3) is 3.02. The van der Waals surface area contributed by atoms with Crippen LogP contribution in [0.15, 0.2) is 11.6 Å². The summed E-state index contributed by atoms with van der Waals surface area (Å²) in [5.74, 6) is 0.950. The molecule has 0 radical (unpaired) electrons. The van der Waals surface area contributed by atoms with E-state index in [0.29, 0.717) is 6.04 Å². The Morgan fingerprint density at radius 2 is 2.20 bits per heavy atom. The molecule has 10 heavy (non-hydrogen) atoms. The van der Waals surface area contributed by atoms with E-state index in [-0.39, 0.29) is 0 Å². The number of allylic oxidation sites excluding steroid dienone is 1. The van der Waals surface area contributed by atoms with Crippen LogP contribution in [0.25, 0.3) is 0 Å². The van der Waals surface area contributed by atoms with E-state index in [2.05, 4.69) is 19.9 Å². The Bertz CT molecular complexity index is 130. The van der Waals surface area contributed by atoms with Crippen molar-refractivity contribution < 1.29 is 0 Å². The van der Waals surface area contributed by atoms with Crippen molar-refractivity contribution in [2.75, 3.05) is 0 Å². The molecule has 58 valence electrons. The molecule has 0 bridgehead atoms. The van der Waals surface area contributed by atoms with Crippen LogP contribution in [0, 0.1) is 5.92 Å². The third-order valence-corrected chi connectivity index (χ3v) is 1.85. The van der Waals surface area contributed by atoms with Gasteiger partial charge in [-0.25, -0.2) is 0 Å². The fraction of sp³-hybridized carbons (Fsp3) is 0.778. The molecule has 0 spiro atoms. The lowest BCUT2D eigenvalue weighted by Gasteiger charge is -2.04. The maximum Gasteiger partial charge on any atom is 0.0228 e.